The number of nitriles is 1. The highest BCUT2D eigenvalue weighted by molar-refractivity contribution is 5.68. The minimum absolute atomic E-state index is 0.0906. The van der Waals surface area contributed by atoms with Crippen LogP contribution in [0.25, 0.3) is 11.3 Å². The molecular weight excluding hydrogens is 361 g/mol. The first-order valence-electron chi connectivity index (χ1n) is 8.75. The molecule has 0 saturated heterocycles. The van der Waals surface area contributed by atoms with Crippen LogP contribution in [0.5, 0.6) is 0 Å². The van der Waals surface area contributed by atoms with Crippen molar-refractivity contribution in [2.75, 3.05) is 0 Å². The van der Waals surface area contributed by atoms with E-state index < -0.39 is 17.5 Å². The normalized spacial score (nSPS) is 29.3. The van der Waals surface area contributed by atoms with Gasteiger partial charge in [-0.15, -0.1) is 0 Å². The van der Waals surface area contributed by atoms with E-state index in [1.54, 1.807) is 13.1 Å². The number of rotatable bonds is 2. The standard InChI is InChI=1S/C18H19F3N4O2/c1-9-4-12-11(7-23-25(12)10-5-16(2,6-10)8-22)14-13(9)15(24-27-14)17(3,26)18(19,20)21/h7,9-10,26H,4-6H2,1-3H3/t9-,10?,16?,17+/m1/s1. The summed E-state index contributed by atoms with van der Waals surface area (Å²) in [5, 5.41) is 27.2. The molecule has 2 aliphatic rings. The quantitative estimate of drug-likeness (QED) is 0.855. The lowest BCUT2D eigenvalue weighted by atomic mass is 9.68. The summed E-state index contributed by atoms with van der Waals surface area (Å²) in [6.45, 7) is 4.38. The number of aromatic nitrogens is 3. The van der Waals surface area contributed by atoms with Gasteiger partial charge in [0, 0.05) is 5.56 Å². The summed E-state index contributed by atoms with van der Waals surface area (Å²) in [7, 11) is 0. The fourth-order valence-corrected chi connectivity index (χ4v) is 4.17. The first-order chi connectivity index (χ1) is 12.5. The molecule has 27 heavy (non-hydrogen) atoms. The van der Waals surface area contributed by atoms with Crippen LogP contribution >= 0.6 is 0 Å². The molecule has 2 atom stereocenters. The summed E-state index contributed by atoms with van der Waals surface area (Å²) in [4.78, 5) is 0. The average molecular weight is 380 g/mol. The van der Waals surface area contributed by atoms with Crippen molar-refractivity contribution in [2.24, 2.45) is 5.41 Å². The maximum atomic E-state index is 13.3. The highest BCUT2D eigenvalue weighted by atomic mass is 19.4. The molecule has 2 aromatic rings. The third-order valence-corrected chi connectivity index (χ3v) is 5.86. The second kappa shape index (κ2) is 5.35. The molecule has 1 saturated carbocycles. The van der Waals surface area contributed by atoms with Gasteiger partial charge in [-0.2, -0.15) is 23.5 Å². The van der Waals surface area contributed by atoms with Gasteiger partial charge in [-0.1, -0.05) is 12.1 Å². The zero-order valence-corrected chi connectivity index (χ0v) is 15.1. The molecular formula is C18H19F3N4O2. The first kappa shape index (κ1) is 18.0. The molecule has 1 fully saturated rings. The monoisotopic (exact) mass is 380 g/mol. The van der Waals surface area contributed by atoms with Gasteiger partial charge in [0.2, 0.25) is 5.60 Å². The highest BCUT2D eigenvalue weighted by Gasteiger charge is 2.55. The average Bonchev–Trinajstić information content (AvgIpc) is 3.15. The first-order valence-corrected chi connectivity index (χ1v) is 8.75. The Labute approximate surface area is 153 Å². The summed E-state index contributed by atoms with van der Waals surface area (Å²) < 4.78 is 47.0. The molecule has 6 nitrogen and oxygen atoms in total. The SMILES string of the molecule is C[C@@H]1Cc2c(cnn2C2CC(C)(C#N)C2)-c2onc([C@](C)(O)C(F)(F)F)c21. The van der Waals surface area contributed by atoms with Gasteiger partial charge in [0.1, 0.15) is 5.69 Å². The van der Waals surface area contributed by atoms with E-state index >= 15 is 0 Å². The lowest BCUT2D eigenvalue weighted by Crippen LogP contribution is -2.40. The van der Waals surface area contributed by atoms with Crippen molar-refractivity contribution in [3.63, 3.8) is 0 Å². The number of aliphatic hydroxyl groups is 1. The van der Waals surface area contributed by atoms with Crippen LogP contribution in [0.15, 0.2) is 10.7 Å². The maximum absolute atomic E-state index is 13.3. The Balaban J connectivity index is 1.75. The lowest BCUT2D eigenvalue weighted by Gasteiger charge is -2.41. The minimum atomic E-state index is -4.87. The summed E-state index contributed by atoms with van der Waals surface area (Å²) in [6.07, 6.45) is -1.47. The van der Waals surface area contributed by atoms with Crippen LogP contribution in [0.2, 0.25) is 0 Å². The number of halogens is 3. The van der Waals surface area contributed by atoms with Crippen LogP contribution in [0.4, 0.5) is 13.2 Å². The Morgan fingerprint density at radius 2 is 2.07 bits per heavy atom. The van der Waals surface area contributed by atoms with Crippen LogP contribution in [0.3, 0.4) is 0 Å². The van der Waals surface area contributed by atoms with Gasteiger partial charge >= 0.3 is 6.18 Å². The summed E-state index contributed by atoms with van der Waals surface area (Å²) in [5.41, 5.74) is -2.19. The van der Waals surface area contributed by atoms with Gasteiger partial charge in [0.05, 0.1) is 35.0 Å². The molecule has 0 radical (unpaired) electrons. The number of nitrogens with zero attached hydrogens (tertiary/aromatic N) is 4. The molecule has 0 aromatic carbocycles. The van der Waals surface area contributed by atoms with Crippen molar-refractivity contribution in [3.8, 4) is 17.4 Å². The van der Waals surface area contributed by atoms with Crippen molar-refractivity contribution >= 4 is 0 Å². The predicted octanol–water partition coefficient (Wildman–Crippen LogP) is 3.83. The Bertz CT molecular complexity index is 945. The van der Waals surface area contributed by atoms with Gasteiger partial charge in [-0.25, -0.2) is 0 Å². The summed E-state index contributed by atoms with van der Waals surface area (Å²) in [5.74, 6) is -0.0858. The summed E-state index contributed by atoms with van der Waals surface area (Å²) in [6, 6.07) is 2.39. The number of fused-ring (bicyclic) bond motifs is 3. The Morgan fingerprint density at radius 1 is 1.41 bits per heavy atom. The van der Waals surface area contributed by atoms with Gasteiger partial charge < -0.3 is 9.63 Å². The molecule has 9 heteroatoms. The van der Waals surface area contributed by atoms with E-state index in [0.29, 0.717) is 31.7 Å². The predicted molar refractivity (Wildman–Crippen MR) is 87.5 cm³/mol. The molecule has 1 N–H and O–H groups in total. The molecule has 144 valence electrons. The molecule has 2 aliphatic carbocycles. The highest BCUT2D eigenvalue weighted by Crippen LogP contribution is 2.51. The van der Waals surface area contributed by atoms with E-state index in [1.807, 2.05) is 11.6 Å². The van der Waals surface area contributed by atoms with Crippen LogP contribution in [0, 0.1) is 16.7 Å². The molecule has 0 aliphatic heterocycles. The van der Waals surface area contributed by atoms with Crippen molar-refractivity contribution in [1.29, 1.82) is 5.26 Å². The van der Waals surface area contributed by atoms with Gasteiger partial charge in [-0.3, -0.25) is 4.68 Å². The van der Waals surface area contributed by atoms with E-state index in [4.69, 9.17) is 4.52 Å². The molecule has 0 spiro atoms. The third kappa shape index (κ3) is 2.42. The molecule has 0 amide bonds. The molecule has 2 aromatic heterocycles. The second-order valence-electron chi connectivity index (χ2n) is 8.13. The topological polar surface area (TPSA) is 87.9 Å². The van der Waals surface area contributed by atoms with Crippen LogP contribution < -0.4 is 0 Å². The van der Waals surface area contributed by atoms with Crippen LogP contribution in [-0.2, 0) is 12.0 Å². The number of alkyl halides is 3. The minimum Gasteiger partial charge on any atom is -0.375 e. The van der Waals surface area contributed by atoms with Crippen molar-refractivity contribution in [1.82, 2.24) is 14.9 Å². The summed E-state index contributed by atoms with van der Waals surface area (Å²) >= 11 is 0. The smallest absolute Gasteiger partial charge is 0.375 e. The van der Waals surface area contributed by atoms with Crippen LogP contribution in [0.1, 0.15) is 62.5 Å². The van der Waals surface area contributed by atoms with E-state index in [1.165, 1.54) is 0 Å². The Morgan fingerprint density at radius 3 is 2.67 bits per heavy atom. The number of hydrogen-bond acceptors (Lipinski definition) is 5. The second-order valence-corrected chi connectivity index (χ2v) is 8.13. The zero-order valence-electron chi connectivity index (χ0n) is 15.1. The maximum Gasteiger partial charge on any atom is 0.422 e. The van der Waals surface area contributed by atoms with Crippen molar-refractivity contribution in [2.45, 2.75) is 63.8 Å². The van der Waals surface area contributed by atoms with Crippen molar-refractivity contribution in [3.05, 3.63) is 23.1 Å². The fourth-order valence-electron chi connectivity index (χ4n) is 4.17. The van der Waals surface area contributed by atoms with E-state index in [-0.39, 0.29) is 28.7 Å². The molecule has 2 heterocycles. The molecule has 0 bridgehead atoms. The Hall–Kier alpha value is -2.34. The van der Waals surface area contributed by atoms with Gasteiger partial charge in [0.15, 0.2) is 5.76 Å². The largest absolute Gasteiger partial charge is 0.422 e. The third-order valence-electron chi connectivity index (χ3n) is 5.86. The lowest BCUT2D eigenvalue weighted by molar-refractivity contribution is -0.261. The van der Waals surface area contributed by atoms with E-state index in [9.17, 15) is 23.5 Å². The van der Waals surface area contributed by atoms with Gasteiger partial charge in [-0.05, 0) is 39.0 Å². The fraction of sp³-hybridized carbons (Fsp3) is 0.611. The zero-order chi connectivity index (χ0) is 19.8. The van der Waals surface area contributed by atoms with Crippen molar-refractivity contribution < 1.29 is 22.8 Å². The molecule has 0 unspecified atom stereocenters. The Kier molecular flexibility index (Phi) is 3.57. The van der Waals surface area contributed by atoms with E-state index in [0.717, 1.165) is 5.69 Å². The molecule has 4 rings (SSSR count). The van der Waals surface area contributed by atoms with E-state index in [2.05, 4.69) is 16.3 Å². The van der Waals surface area contributed by atoms with Crippen LogP contribution in [-0.4, -0.2) is 26.2 Å². The van der Waals surface area contributed by atoms with Gasteiger partial charge in [0.25, 0.3) is 0 Å². The number of hydrogen-bond donors (Lipinski definition) is 1.